The van der Waals surface area contributed by atoms with Gasteiger partial charge >= 0.3 is 6.18 Å². The number of ether oxygens (including phenoxy) is 1. The number of aromatic nitrogens is 1. The van der Waals surface area contributed by atoms with Gasteiger partial charge in [0, 0.05) is 36.3 Å². The number of morpholine rings is 1. The van der Waals surface area contributed by atoms with E-state index in [0.717, 1.165) is 36.6 Å². The molecule has 1 aliphatic rings. The van der Waals surface area contributed by atoms with Crippen LogP contribution in [0.25, 0.3) is 11.3 Å². The normalized spacial score (nSPS) is 15.2. The molecule has 1 aromatic carbocycles. The average Bonchev–Trinajstić information content (AvgIpc) is 3.34. The number of nitrogens with zero attached hydrogens (tertiary/aromatic N) is 2. The van der Waals surface area contributed by atoms with E-state index >= 15 is 0 Å². The summed E-state index contributed by atoms with van der Waals surface area (Å²) in [6, 6.07) is 6.25. The first-order valence-electron chi connectivity index (χ1n) is 9.64. The van der Waals surface area contributed by atoms with Crippen LogP contribution in [0, 0.1) is 6.92 Å². The molecule has 10 heteroatoms. The van der Waals surface area contributed by atoms with Crippen LogP contribution in [0.1, 0.15) is 26.6 Å². The molecule has 31 heavy (non-hydrogen) atoms. The molecule has 1 fully saturated rings. The van der Waals surface area contributed by atoms with Crippen molar-refractivity contribution in [2.75, 3.05) is 31.6 Å². The summed E-state index contributed by atoms with van der Waals surface area (Å²) in [6.45, 7) is 5.45. The molecular formula is C21H20F3N3O3S. The van der Waals surface area contributed by atoms with Gasteiger partial charge in [-0.05, 0) is 25.1 Å². The van der Waals surface area contributed by atoms with Crippen LogP contribution in [-0.2, 0) is 17.5 Å². The Balaban J connectivity index is 1.46. The second-order valence-electron chi connectivity index (χ2n) is 7.13. The number of aryl methyl sites for hydroxylation is 1. The molecular weight excluding hydrogens is 431 g/mol. The lowest BCUT2D eigenvalue weighted by Gasteiger charge is -2.25. The molecule has 3 aromatic rings. The van der Waals surface area contributed by atoms with E-state index < -0.39 is 17.6 Å². The summed E-state index contributed by atoms with van der Waals surface area (Å²) in [7, 11) is 0. The summed E-state index contributed by atoms with van der Waals surface area (Å²) < 4.78 is 49.8. The lowest BCUT2D eigenvalue weighted by atomic mass is 10.1. The molecule has 2 aromatic heterocycles. The number of benzene rings is 1. The van der Waals surface area contributed by atoms with Crippen molar-refractivity contribution in [1.29, 1.82) is 0 Å². The van der Waals surface area contributed by atoms with Crippen LogP contribution in [0.4, 0.5) is 18.3 Å². The number of thiazole rings is 1. The van der Waals surface area contributed by atoms with Gasteiger partial charge in [-0.25, -0.2) is 4.98 Å². The van der Waals surface area contributed by atoms with Gasteiger partial charge in [0.2, 0.25) is 0 Å². The zero-order valence-electron chi connectivity index (χ0n) is 16.7. The Bertz CT molecular complexity index is 1070. The zero-order valence-corrected chi connectivity index (χ0v) is 17.5. The maximum atomic E-state index is 13.0. The van der Waals surface area contributed by atoms with Gasteiger partial charge in [0.05, 0.1) is 24.3 Å². The Morgan fingerprint density at radius 3 is 2.77 bits per heavy atom. The molecule has 4 rings (SSSR count). The molecule has 0 spiro atoms. The third kappa shape index (κ3) is 5.15. The number of rotatable bonds is 5. The van der Waals surface area contributed by atoms with Gasteiger partial charge in [-0.3, -0.25) is 15.0 Å². The lowest BCUT2D eigenvalue weighted by molar-refractivity contribution is -0.137. The summed E-state index contributed by atoms with van der Waals surface area (Å²) >= 11 is 1.38. The van der Waals surface area contributed by atoms with E-state index in [2.05, 4.69) is 15.2 Å². The van der Waals surface area contributed by atoms with E-state index in [0.29, 0.717) is 24.1 Å². The number of hydrogen-bond donors (Lipinski definition) is 1. The number of nitrogens with one attached hydrogen (secondary N) is 1. The molecule has 164 valence electrons. The predicted molar refractivity (Wildman–Crippen MR) is 110 cm³/mol. The first-order chi connectivity index (χ1) is 14.8. The molecule has 0 atom stereocenters. The molecule has 3 heterocycles. The maximum Gasteiger partial charge on any atom is 0.416 e. The van der Waals surface area contributed by atoms with E-state index in [1.165, 1.54) is 29.5 Å². The first kappa shape index (κ1) is 21.5. The van der Waals surface area contributed by atoms with E-state index in [1.54, 1.807) is 13.1 Å². The number of anilines is 1. The fraction of sp³-hybridized carbons (Fsp3) is 0.333. The van der Waals surface area contributed by atoms with Crippen LogP contribution >= 0.6 is 11.3 Å². The van der Waals surface area contributed by atoms with E-state index in [-0.39, 0.29) is 16.9 Å². The Kier molecular flexibility index (Phi) is 6.12. The predicted octanol–water partition coefficient (Wildman–Crippen LogP) is 4.81. The van der Waals surface area contributed by atoms with E-state index in [4.69, 9.17) is 9.15 Å². The third-order valence-electron chi connectivity index (χ3n) is 4.89. The average molecular weight is 451 g/mol. The molecule has 0 unspecified atom stereocenters. The first-order valence-corrected chi connectivity index (χ1v) is 10.5. The Morgan fingerprint density at radius 2 is 2.03 bits per heavy atom. The summed E-state index contributed by atoms with van der Waals surface area (Å²) in [5.74, 6) is 0.0858. The SMILES string of the molecule is Cc1oc(-c2cccc(C(F)(F)F)c2)cc1C(=O)Nc1ncc(CN2CCOCC2)s1. The quantitative estimate of drug-likeness (QED) is 0.603. The van der Waals surface area contributed by atoms with Crippen LogP contribution in [0.3, 0.4) is 0 Å². The van der Waals surface area contributed by atoms with Gasteiger partial charge in [-0.2, -0.15) is 13.2 Å². The summed E-state index contributed by atoms with van der Waals surface area (Å²) in [5.41, 5.74) is -0.281. The summed E-state index contributed by atoms with van der Waals surface area (Å²) in [6.07, 6.45) is -2.73. The number of furan rings is 1. The molecule has 1 amide bonds. The smallest absolute Gasteiger partial charge is 0.416 e. The number of amides is 1. The number of alkyl halides is 3. The molecule has 1 saturated heterocycles. The molecule has 0 radical (unpaired) electrons. The van der Waals surface area contributed by atoms with Gasteiger partial charge in [-0.15, -0.1) is 11.3 Å². The molecule has 6 nitrogen and oxygen atoms in total. The highest BCUT2D eigenvalue weighted by Gasteiger charge is 2.31. The monoisotopic (exact) mass is 451 g/mol. The van der Waals surface area contributed by atoms with Gasteiger partial charge in [0.1, 0.15) is 11.5 Å². The fourth-order valence-corrected chi connectivity index (χ4v) is 4.13. The highest BCUT2D eigenvalue weighted by molar-refractivity contribution is 7.15. The largest absolute Gasteiger partial charge is 0.461 e. The second-order valence-corrected chi connectivity index (χ2v) is 8.25. The number of halogens is 3. The molecule has 0 aliphatic carbocycles. The van der Waals surface area contributed by atoms with Gasteiger partial charge in [0.25, 0.3) is 5.91 Å². The van der Waals surface area contributed by atoms with Crippen molar-refractivity contribution < 1.29 is 27.1 Å². The van der Waals surface area contributed by atoms with Crippen LogP contribution in [0.5, 0.6) is 0 Å². The minimum atomic E-state index is -4.46. The highest BCUT2D eigenvalue weighted by Crippen LogP contribution is 2.33. The van der Waals surface area contributed by atoms with Gasteiger partial charge < -0.3 is 9.15 Å². The minimum Gasteiger partial charge on any atom is -0.461 e. The van der Waals surface area contributed by atoms with Crippen molar-refractivity contribution in [1.82, 2.24) is 9.88 Å². The molecule has 1 N–H and O–H groups in total. The number of carbonyl (C=O) groups is 1. The minimum absolute atomic E-state index is 0.195. The van der Waals surface area contributed by atoms with E-state index in [9.17, 15) is 18.0 Å². The van der Waals surface area contributed by atoms with Gasteiger partial charge in [-0.1, -0.05) is 12.1 Å². The van der Waals surface area contributed by atoms with Crippen molar-refractivity contribution in [3.05, 3.63) is 58.3 Å². The van der Waals surface area contributed by atoms with Crippen LogP contribution in [-0.4, -0.2) is 42.1 Å². The summed E-state index contributed by atoms with van der Waals surface area (Å²) in [4.78, 5) is 20.2. The van der Waals surface area contributed by atoms with Crippen LogP contribution < -0.4 is 5.32 Å². The highest BCUT2D eigenvalue weighted by atomic mass is 32.1. The maximum absolute atomic E-state index is 13.0. The lowest BCUT2D eigenvalue weighted by Crippen LogP contribution is -2.35. The Morgan fingerprint density at radius 1 is 1.26 bits per heavy atom. The standard InChI is InChI=1S/C21H20F3N3O3S/c1-13-17(10-18(30-13)14-3-2-4-15(9-14)21(22,23)24)19(28)26-20-25-11-16(31-20)12-27-5-7-29-8-6-27/h2-4,9-11H,5-8,12H2,1H3,(H,25,26,28). The van der Waals surface area contributed by atoms with Crippen molar-refractivity contribution in [3.63, 3.8) is 0 Å². The molecule has 0 bridgehead atoms. The van der Waals surface area contributed by atoms with Crippen LogP contribution in [0.15, 0.2) is 40.9 Å². The Hall–Kier alpha value is -2.69. The van der Waals surface area contributed by atoms with E-state index in [1.807, 2.05) is 0 Å². The topological polar surface area (TPSA) is 67.6 Å². The van der Waals surface area contributed by atoms with Crippen molar-refractivity contribution in [2.24, 2.45) is 0 Å². The van der Waals surface area contributed by atoms with Crippen LogP contribution in [0.2, 0.25) is 0 Å². The fourth-order valence-electron chi connectivity index (χ4n) is 3.28. The Labute approximate surface area is 180 Å². The van der Waals surface area contributed by atoms with Crippen molar-refractivity contribution in [3.8, 4) is 11.3 Å². The zero-order chi connectivity index (χ0) is 22.0. The van der Waals surface area contributed by atoms with Crippen molar-refractivity contribution in [2.45, 2.75) is 19.6 Å². The van der Waals surface area contributed by atoms with Gasteiger partial charge in [0.15, 0.2) is 5.13 Å². The summed E-state index contributed by atoms with van der Waals surface area (Å²) in [5, 5.41) is 3.20. The van der Waals surface area contributed by atoms with Crippen molar-refractivity contribution >= 4 is 22.4 Å². The molecule has 0 saturated carbocycles. The second kappa shape index (κ2) is 8.81. The molecule has 1 aliphatic heterocycles. The number of hydrogen-bond acceptors (Lipinski definition) is 6. The number of carbonyl (C=O) groups excluding carboxylic acids is 1. The third-order valence-corrected chi connectivity index (χ3v) is 5.79.